The molecule has 0 aliphatic carbocycles. The summed E-state index contributed by atoms with van der Waals surface area (Å²) in [5, 5.41) is 12.5. The van der Waals surface area contributed by atoms with Crippen LogP contribution in [0.3, 0.4) is 0 Å². The lowest BCUT2D eigenvalue weighted by Crippen LogP contribution is -2.31. The zero-order valence-electron chi connectivity index (χ0n) is 15.8. The molecule has 1 amide bonds. The van der Waals surface area contributed by atoms with E-state index < -0.39 is 27.9 Å². The molecule has 2 N–H and O–H groups in total. The van der Waals surface area contributed by atoms with E-state index in [-0.39, 0.29) is 16.3 Å². The molecule has 0 aromatic heterocycles. The summed E-state index contributed by atoms with van der Waals surface area (Å²) in [6, 6.07) is 8.85. The molecule has 0 heterocycles. The smallest absolute Gasteiger partial charge is 0.265 e. The number of anilines is 1. The van der Waals surface area contributed by atoms with Crippen LogP contribution in [0.1, 0.15) is 20.8 Å². The number of halogens is 1. The van der Waals surface area contributed by atoms with Crippen LogP contribution in [-0.2, 0) is 14.8 Å². The molecule has 2 aromatic carbocycles. The molecular formula is C19H23FN2O5S. The van der Waals surface area contributed by atoms with Crippen molar-refractivity contribution < 1.29 is 27.4 Å². The van der Waals surface area contributed by atoms with E-state index in [0.29, 0.717) is 18.8 Å². The van der Waals surface area contributed by atoms with Crippen molar-refractivity contribution in [3.8, 4) is 11.5 Å². The van der Waals surface area contributed by atoms with Gasteiger partial charge in [-0.15, -0.1) is 0 Å². The highest BCUT2D eigenvalue weighted by molar-refractivity contribution is 7.89. The standard InChI is InChI=1S/C19H23FN2O5S/c1-4-22(5-2)28(25,26)16-10-11-18(23)17(12-16)21-19(24)13(3)27-15-8-6-14(20)7-9-15/h6-13,23H,4-5H2,1-3H3,(H,21,24). The zero-order valence-corrected chi connectivity index (χ0v) is 16.7. The number of hydrogen-bond donors (Lipinski definition) is 2. The van der Waals surface area contributed by atoms with Gasteiger partial charge < -0.3 is 15.2 Å². The number of phenols is 1. The van der Waals surface area contributed by atoms with Crippen LogP contribution in [0.25, 0.3) is 0 Å². The van der Waals surface area contributed by atoms with Gasteiger partial charge in [-0.2, -0.15) is 4.31 Å². The largest absolute Gasteiger partial charge is 0.506 e. The van der Waals surface area contributed by atoms with Crippen LogP contribution in [0.5, 0.6) is 11.5 Å². The zero-order chi connectivity index (χ0) is 20.9. The number of sulfonamides is 1. The molecule has 0 bridgehead atoms. The van der Waals surface area contributed by atoms with Gasteiger partial charge in [-0.25, -0.2) is 12.8 Å². The maximum Gasteiger partial charge on any atom is 0.265 e. The van der Waals surface area contributed by atoms with Crippen molar-refractivity contribution in [2.45, 2.75) is 31.8 Å². The van der Waals surface area contributed by atoms with Crippen LogP contribution in [0.4, 0.5) is 10.1 Å². The summed E-state index contributed by atoms with van der Waals surface area (Å²) < 4.78 is 44.9. The van der Waals surface area contributed by atoms with Gasteiger partial charge in [0.05, 0.1) is 10.6 Å². The number of aromatic hydroxyl groups is 1. The second-order valence-corrected chi connectivity index (χ2v) is 7.91. The van der Waals surface area contributed by atoms with E-state index in [2.05, 4.69) is 5.32 Å². The fourth-order valence-corrected chi connectivity index (χ4v) is 3.98. The van der Waals surface area contributed by atoms with Crippen LogP contribution in [0.15, 0.2) is 47.4 Å². The van der Waals surface area contributed by atoms with Crippen LogP contribution in [-0.4, -0.2) is 42.9 Å². The van der Waals surface area contributed by atoms with Crippen molar-refractivity contribution >= 4 is 21.6 Å². The molecule has 0 aliphatic rings. The van der Waals surface area contributed by atoms with E-state index in [1.807, 2.05) is 0 Å². The normalized spacial score (nSPS) is 12.6. The third-order valence-electron chi connectivity index (χ3n) is 4.06. The van der Waals surface area contributed by atoms with Crippen LogP contribution in [0.2, 0.25) is 0 Å². The van der Waals surface area contributed by atoms with Crippen molar-refractivity contribution in [2.24, 2.45) is 0 Å². The van der Waals surface area contributed by atoms with Gasteiger partial charge in [0.25, 0.3) is 5.91 Å². The molecule has 0 fully saturated rings. The lowest BCUT2D eigenvalue weighted by atomic mass is 10.2. The molecule has 0 radical (unpaired) electrons. The number of phenolic OH excluding ortho intramolecular Hbond substituents is 1. The molecule has 2 aromatic rings. The van der Waals surface area contributed by atoms with Gasteiger partial charge in [0.15, 0.2) is 6.10 Å². The SMILES string of the molecule is CCN(CC)S(=O)(=O)c1ccc(O)c(NC(=O)C(C)Oc2ccc(F)cc2)c1. The van der Waals surface area contributed by atoms with Crippen LogP contribution >= 0.6 is 0 Å². The average molecular weight is 410 g/mol. The summed E-state index contributed by atoms with van der Waals surface area (Å²) in [6.45, 7) is 5.51. The Morgan fingerprint density at radius 3 is 2.36 bits per heavy atom. The van der Waals surface area contributed by atoms with Gasteiger partial charge in [-0.05, 0) is 49.4 Å². The summed E-state index contributed by atoms with van der Waals surface area (Å²) in [4.78, 5) is 12.3. The number of hydrogen-bond acceptors (Lipinski definition) is 5. The van der Waals surface area contributed by atoms with E-state index in [9.17, 15) is 22.7 Å². The Labute approximate surface area is 163 Å². The number of nitrogens with one attached hydrogen (secondary N) is 1. The first kappa shape index (κ1) is 21.6. The van der Waals surface area contributed by atoms with E-state index in [1.165, 1.54) is 53.7 Å². The quantitative estimate of drug-likeness (QED) is 0.653. The molecule has 0 saturated heterocycles. The highest BCUT2D eigenvalue weighted by atomic mass is 32.2. The number of benzene rings is 2. The second kappa shape index (κ2) is 9.03. The fraction of sp³-hybridized carbons (Fsp3) is 0.316. The van der Waals surface area contributed by atoms with Crippen molar-refractivity contribution in [1.82, 2.24) is 4.31 Å². The summed E-state index contributed by atoms with van der Waals surface area (Å²) in [7, 11) is -3.74. The predicted octanol–water partition coefficient (Wildman–Crippen LogP) is 2.97. The minimum atomic E-state index is -3.74. The summed E-state index contributed by atoms with van der Waals surface area (Å²) in [5.74, 6) is -1.01. The first-order chi connectivity index (χ1) is 13.2. The lowest BCUT2D eigenvalue weighted by Gasteiger charge is -2.20. The number of carbonyl (C=O) groups is 1. The van der Waals surface area contributed by atoms with Crippen LogP contribution in [0, 0.1) is 5.82 Å². The first-order valence-electron chi connectivity index (χ1n) is 8.75. The van der Waals surface area contributed by atoms with E-state index in [0.717, 1.165) is 0 Å². The Morgan fingerprint density at radius 2 is 1.79 bits per heavy atom. The molecular weight excluding hydrogens is 387 g/mol. The Morgan fingerprint density at radius 1 is 1.18 bits per heavy atom. The average Bonchev–Trinajstić information content (AvgIpc) is 2.65. The first-order valence-corrected chi connectivity index (χ1v) is 10.2. The van der Waals surface area contributed by atoms with Gasteiger partial charge in [0, 0.05) is 13.1 Å². The van der Waals surface area contributed by atoms with E-state index in [1.54, 1.807) is 13.8 Å². The molecule has 28 heavy (non-hydrogen) atoms. The monoisotopic (exact) mass is 410 g/mol. The van der Waals surface area contributed by atoms with Gasteiger partial charge in [0.2, 0.25) is 10.0 Å². The third-order valence-corrected chi connectivity index (χ3v) is 6.11. The highest BCUT2D eigenvalue weighted by Gasteiger charge is 2.24. The van der Waals surface area contributed by atoms with Gasteiger partial charge in [0.1, 0.15) is 17.3 Å². The molecule has 0 aliphatic heterocycles. The van der Waals surface area contributed by atoms with E-state index in [4.69, 9.17) is 4.74 Å². The summed E-state index contributed by atoms with van der Waals surface area (Å²) in [6.07, 6.45) is -0.965. The minimum absolute atomic E-state index is 0.0450. The Balaban J connectivity index is 2.18. The number of amides is 1. The molecule has 2 rings (SSSR count). The Hall–Kier alpha value is -2.65. The van der Waals surface area contributed by atoms with Crippen LogP contribution < -0.4 is 10.1 Å². The van der Waals surface area contributed by atoms with E-state index >= 15 is 0 Å². The summed E-state index contributed by atoms with van der Waals surface area (Å²) in [5.41, 5.74) is -0.0483. The van der Waals surface area contributed by atoms with Crippen molar-refractivity contribution in [2.75, 3.05) is 18.4 Å². The Bertz CT molecular complexity index is 928. The van der Waals surface area contributed by atoms with Gasteiger partial charge in [-0.1, -0.05) is 13.8 Å². The fourth-order valence-electron chi connectivity index (χ4n) is 2.49. The number of carbonyl (C=O) groups excluding carboxylic acids is 1. The third kappa shape index (κ3) is 4.99. The second-order valence-electron chi connectivity index (χ2n) is 5.97. The molecule has 7 nitrogen and oxygen atoms in total. The lowest BCUT2D eigenvalue weighted by molar-refractivity contribution is -0.122. The molecule has 0 saturated carbocycles. The van der Waals surface area contributed by atoms with Gasteiger partial charge in [-0.3, -0.25) is 4.79 Å². The molecule has 152 valence electrons. The molecule has 9 heteroatoms. The van der Waals surface area contributed by atoms with Crippen molar-refractivity contribution in [3.63, 3.8) is 0 Å². The number of rotatable bonds is 8. The Kier molecular flexibility index (Phi) is 6.98. The maximum absolute atomic E-state index is 12.9. The van der Waals surface area contributed by atoms with Crippen molar-refractivity contribution in [1.29, 1.82) is 0 Å². The molecule has 0 spiro atoms. The molecule has 1 unspecified atom stereocenters. The van der Waals surface area contributed by atoms with Gasteiger partial charge >= 0.3 is 0 Å². The topological polar surface area (TPSA) is 95.9 Å². The number of nitrogens with zero attached hydrogens (tertiary/aromatic N) is 1. The predicted molar refractivity (Wildman–Crippen MR) is 103 cm³/mol. The number of ether oxygens (including phenoxy) is 1. The molecule has 1 atom stereocenters. The summed E-state index contributed by atoms with van der Waals surface area (Å²) >= 11 is 0. The minimum Gasteiger partial charge on any atom is -0.506 e. The highest BCUT2D eigenvalue weighted by Crippen LogP contribution is 2.28. The van der Waals surface area contributed by atoms with Crippen molar-refractivity contribution in [3.05, 3.63) is 48.3 Å². The maximum atomic E-state index is 12.9.